The van der Waals surface area contributed by atoms with E-state index in [0.717, 1.165) is 70.9 Å². The lowest BCUT2D eigenvalue weighted by Gasteiger charge is -2.34. The molecule has 6 rings (SSSR count). The Morgan fingerprint density at radius 1 is 0.971 bits per heavy atom. The fourth-order valence-corrected chi connectivity index (χ4v) is 4.51. The molecule has 0 amide bonds. The van der Waals surface area contributed by atoms with Crippen LogP contribution in [0.2, 0.25) is 0 Å². The number of nitrogens with one attached hydrogen (secondary N) is 2. The topological polar surface area (TPSA) is 92.9 Å². The first-order valence-electron chi connectivity index (χ1n) is 11.5. The molecule has 0 radical (unpaired) electrons. The summed E-state index contributed by atoms with van der Waals surface area (Å²) >= 11 is 0. The van der Waals surface area contributed by atoms with Crippen molar-refractivity contribution in [3.05, 3.63) is 48.9 Å². The number of fused-ring (bicyclic) bond motifs is 2. The van der Waals surface area contributed by atoms with Gasteiger partial charge < -0.3 is 19.7 Å². The summed E-state index contributed by atoms with van der Waals surface area (Å²) in [6.45, 7) is 4.10. The second kappa shape index (κ2) is 8.11. The molecule has 9 heteroatoms. The first-order valence-corrected chi connectivity index (χ1v) is 11.5. The van der Waals surface area contributed by atoms with E-state index in [2.05, 4.69) is 72.3 Å². The maximum absolute atomic E-state index is 5.01. The van der Waals surface area contributed by atoms with Crippen LogP contribution in [-0.4, -0.2) is 82.4 Å². The van der Waals surface area contributed by atoms with Crippen molar-refractivity contribution in [2.24, 2.45) is 0 Å². The van der Waals surface area contributed by atoms with Crippen LogP contribution in [0.3, 0.4) is 0 Å². The molecule has 172 valence electrons. The van der Waals surface area contributed by atoms with Gasteiger partial charge in [-0.05, 0) is 31.3 Å². The standard InChI is InChI=1S/C25H27N9/c1-32(2)18-11-16(13-26-15-18)17-12-19-22(30-31-24(19)27-14-17)25-28-20-5-4-6-21(23(20)29-25)34-9-7-33(3)8-10-34/h4-6,11-15H,7-10H2,1-3H3,(H,28,29)(H,27,30,31). The van der Waals surface area contributed by atoms with Crippen LogP contribution < -0.4 is 9.80 Å². The highest BCUT2D eigenvalue weighted by Crippen LogP contribution is 2.32. The van der Waals surface area contributed by atoms with Gasteiger partial charge in [0.2, 0.25) is 0 Å². The van der Waals surface area contributed by atoms with Gasteiger partial charge in [0.15, 0.2) is 11.5 Å². The molecule has 1 fully saturated rings. The Morgan fingerprint density at radius 2 is 1.79 bits per heavy atom. The van der Waals surface area contributed by atoms with E-state index in [-0.39, 0.29) is 0 Å². The number of nitrogens with zero attached hydrogens (tertiary/aromatic N) is 7. The molecular formula is C25H27N9. The summed E-state index contributed by atoms with van der Waals surface area (Å²) < 4.78 is 0. The van der Waals surface area contributed by atoms with E-state index in [1.807, 2.05) is 37.6 Å². The van der Waals surface area contributed by atoms with Gasteiger partial charge >= 0.3 is 0 Å². The molecule has 0 spiro atoms. The minimum atomic E-state index is 0.662. The van der Waals surface area contributed by atoms with E-state index < -0.39 is 0 Å². The van der Waals surface area contributed by atoms with Gasteiger partial charge in [0.25, 0.3) is 0 Å². The predicted molar refractivity (Wildman–Crippen MR) is 136 cm³/mol. The number of hydrogen-bond acceptors (Lipinski definition) is 7. The molecule has 5 aromatic rings. The number of aromatic amines is 2. The Labute approximate surface area is 197 Å². The molecule has 5 heterocycles. The van der Waals surface area contributed by atoms with Crippen molar-refractivity contribution in [2.45, 2.75) is 0 Å². The molecule has 0 saturated carbocycles. The van der Waals surface area contributed by atoms with Crippen LogP contribution in [0.1, 0.15) is 0 Å². The number of para-hydroxylation sites is 1. The minimum Gasteiger partial charge on any atom is -0.376 e. The highest BCUT2D eigenvalue weighted by molar-refractivity contribution is 5.96. The van der Waals surface area contributed by atoms with Crippen molar-refractivity contribution in [3.63, 3.8) is 0 Å². The Hall–Kier alpha value is -3.98. The van der Waals surface area contributed by atoms with Gasteiger partial charge in [-0.3, -0.25) is 10.1 Å². The van der Waals surface area contributed by atoms with E-state index in [0.29, 0.717) is 5.65 Å². The maximum Gasteiger partial charge on any atom is 0.181 e. The zero-order chi connectivity index (χ0) is 23.2. The Kier molecular flexibility index (Phi) is 4.91. The summed E-state index contributed by atoms with van der Waals surface area (Å²) in [5.41, 5.74) is 7.70. The number of likely N-dealkylation sites (N-methyl/N-ethyl adjacent to an activating group) is 1. The normalized spacial score (nSPS) is 14.9. The van der Waals surface area contributed by atoms with Crippen molar-refractivity contribution < 1.29 is 0 Å². The monoisotopic (exact) mass is 453 g/mol. The van der Waals surface area contributed by atoms with Crippen LogP contribution >= 0.6 is 0 Å². The van der Waals surface area contributed by atoms with E-state index in [1.54, 1.807) is 0 Å². The van der Waals surface area contributed by atoms with Crippen molar-refractivity contribution >= 4 is 33.4 Å². The second-order valence-corrected chi connectivity index (χ2v) is 9.07. The third-order valence-electron chi connectivity index (χ3n) is 6.56. The SMILES string of the molecule is CN1CCN(c2cccc3[nH]c(-c4[nH]nc5ncc(-c6cncc(N(C)C)c6)cc45)nc23)CC1. The van der Waals surface area contributed by atoms with Crippen LogP contribution in [0.5, 0.6) is 0 Å². The first-order chi connectivity index (χ1) is 16.6. The van der Waals surface area contributed by atoms with Crippen molar-refractivity contribution in [3.8, 4) is 22.6 Å². The first kappa shape index (κ1) is 20.6. The van der Waals surface area contributed by atoms with Gasteiger partial charge in [-0.2, -0.15) is 5.10 Å². The Morgan fingerprint density at radius 3 is 2.62 bits per heavy atom. The fourth-order valence-electron chi connectivity index (χ4n) is 4.51. The summed E-state index contributed by atoms with van der Waals surface area (Å²) in [5, 5.41) is 8.51. The van der Waals surface area contributed by atoms with Gasteiger partial charge in [0.05, 0.1) is 28.5 Å². The van der Waals surface area contributed by atoms with Gasteiger partial charge in [-0.25, -0.2) is 9.97 Å². The van der Waals surface area contributed by atoms with Crippen LogP contribution in [0, 0.1) is 0 Å². The molecule has 1 aliphatic heterocycles. The zero-order valence-corrected chi connectivity index (χ0v) is 19.6. The number of rotatable bonds is 4. The molecule has 9 nitrogen and oxygen atoms in total. The molecule has 4 aromatic heterocycles. The molecule has 0 atom stereocenters. The average Bonchev–Trinajstić information content (AvgIpc) is 3.48. The van der Waals surface area contributed by atoms with E-state index in [4.69, 9.17) is 4.98 Å². The molecule has 0 unspecified atom stereocenters. The molecule has 0 aliphatic carbocycles. The number of benzene rings is 1. The lowest BCUT2D eigenvalue weighted by atomic mass is 10.1. The lowest BCUT2D eigenvalue weighted by molar-refractivity contribution is 0.313. The number of aromatic nitrogens is 6. The Balaban J connectivity index is 1.42. The molecular weight excluding hydrogens is 426 g/mol. The maximum atomic E-state index is 5.01. The predicted octanol–water partition coefficient (Wildman–Crippen LogP) is 3.38. The van der Waals surface area contributed by atoms with E-state index in [9.17, 15) is 0 Å². The van der Waals surface area contributed by atoms with Crippen LogP contribution in [0.25, 0.3) is 44.7 Å². The van der Waals surface area contributed by atoms with E-state index in [1.165, 1.54) is 5.69 Å². The highest BCUT2D eigenvalue weighted by Gasteiger charge is 2.20. The summed E-state index contributed by atoms with van der Waals surface area (Å²) in [6, 6.07) is 10.5. The van der Waals surface area contributed by atoms with Crippen molar-refractivity contribution in [1.29, 1.82) is 0 Å². The Bertz CT molecular complexity index is 1470. The number of anilines is 2. The number of hydrogen-bond donors (Lipinski definition) is 2. The summed E-state index contributed by atoms with van der Waals surface area (Å²) in [6.07, 6.45) is 5.55. The highest BCUT2D eigenvalue weighted by atomic mass is 15.3. The number of H-pyrrole nitrogens is 2. The molecule has 1 saturated heterocycles. The molecule has 2 N–H and O–H groups in total. The van der Waals surface area contributed by atoms with Gasteiger partial charge in [-0.15, -0.1) is 0 Å². The van der Waals surface area contributed by atoms with Gasteiger partial charge in [0.1, 0.15) is 11.2 Å². The van der Waals surface area contributed by atoms with Gasteiger partial charge in [0, 0.05) is 63.8 Å². The average molecular weight is 454 g/mol. The fraction of sp³-hybridized carbons (Fsp3) is 0.280. The lowest BCUT2D eigenvalue weighted by Crippen LogP contribution is -2.44. The largest absolute Gasteiger partial charge is 0.376 e. The van der Waals surface area contributed by atoms with E-state index >= 15 is 0 Å². The molecule has 0 bridgehead atoms. The minimum absolute atomic E-state index is 0.662. The van der Waals surface area contributed by atoms with Crippen molar-refractivity contribution in [1.82, 2.24) is 35.0 Å². The molecule has 34 heavy (non-hydrogen) atoms. The summed E-state index contributed by atoms with van der Waals surface area (Å²) in [7, 11) is 6.19. The number of pyridine rings is 2. The summed E-state index contributed by atoms with van der Waals surface area (Å²) in [5.74, 6) is 0.762. The van der Waals surface area contributed by atoms with Crippen LogP contribution in [0.4, 0.5) is 11.4 Å². The van der Waals surface area contributed by atoms with Crippen LogP contribution in [0.15, 0.2) is 48.9 Å². The third-order valence-corrected chi connectivity index (χ3v) is 6.56. The van der Waals surface area contributed by atoms with Crippen molar-refractivity contribution in [2.75, 3.05) is 57.1 Å². The summed E-state index contributed by atoms with van der Waals surface area (Å²) in [4.78, 5) is 24.3. The number of imidazole rings is 1. The molecule has 1 aliphatic rings. The third kappa shape index (κ3) is 3.54. The second-order valence-electron chi connectivity index (χ2n) is 9.07. The van der Waals surface area contributed by atoms with Crippen LogP contribution in [-0.2, 0) is 0 Å². The quantitative estimate of drug-likeness (QED) is 0.431. The zero-order valence-electron chi connectivity index (χ0n) is 19.6. The number of piperazine rings is 1. The smallest absolute Gasteiger partial charge is 0.181 e. The van der Waals surface area contributed by atoms with Gasteiger partial charge in [-0.1, -0.05) is 6.07 Å². The molecule has 1 aromatic carbocycles.